The first-order valence-electron chi connectivity index (χ1n) is 8.16. The first-order valence-corrected chi connectivity index (χ1v) is 9.14. The molecule has 1 N–H and O–H groups in total. The fraction of sp³-hybridized carbons (Fsp3) is 0.100. The lowest BCUT2D eigenvalue weighted by molar-refractivity contribution is 0.0948. The number of aromatic nitrogens is 1. The van der Waals surface area contributed by atoms with Crippen LogP contribution in [-0.2, 0) is 12.3 Å². The number of nitrogens with one attached hydrogen (secondary N) is 1. The highest BCUT2D eigenvalue weighted by atomic mass is 32.2. The van der Waals surface area contributed by atoms with Crippen LogP contribution in [0.25, 0.3) is 11.1 Å². The Hall–Kier alpha value is -2.99. The Kier molecular flexibility index (Phi) is 4.75. The van der Waals surface area contributed by atoms with Crippen molar-refractivity contribution >= 4 is 28.8 Å². The molecule has 26 heavy (non-hydrogen) atoms. The molecule has 6 heteroatoms. The maximum atomic E-state index is 12.3. The number of oxazole rings is 1. The topological polar surface area (TPSA) is 68.3 Å². The third-order valence-electron chi connectivity index (χ3n) is 3.83. The summed E-state index contributed by atoms with van der Waals surface area (Å²) < 4.78 is 10.9. The number of nitrogens with zero attached hydrogens (tertiary/aromatic N) is 1. The molecule has 4 aromatic rings. The van der Waals surface area contributed by atoms with Crippen molar-refractivity contribution in [3.8, 4) is 0 Å². The van der Waals surface area contributed by atoms with Gasteiger partial charge in [-0.2, -0.15) is 0 Å². The number of hydrogen-bond acceptors (Lipinski definition) is 5. The number of carbonyl (C=O) groups is 1. The van der Waals surface area contributed by atoms with Crippen LogP contribution in [0.15, 0.2) is 81.0 Å². The molecule has 2 heterocycles. The molecule has 0 fully saturated rings. The first kappa shape index (κ1) is 16.5. The van der Waals surface area contributed by atoms with Gasteiger partial charge >= 0.3 is 0 Å². The highest BCUT2D eigenvalue weighted by Gasteiger charge is 2.09. The normalized spacial score (nSPS) is 10.9. The molecule has 0 spiro atoms. The average Bonchev–Trinajstić information content (AvgIpc) is 3.33. The second-order valence-corrected chi connectivity index (χ2v) is 6.63. The van der Waals surface area contributed by atoms with Crippen molar-refractivity contribution in [2.24, 2.45) is 0 Å². The predicted molar refractivity (Wildman–Crippen MR) is 99.9 cm³/mol. The smallest absolute Gasteiger partial charge is 0.257 e. The van der Waals surface area contributed by atoms with Crippen molar-refractivity contribution < 1.29 is 13.6 Å². The van der Waals surface area contributed by atoms with Crippen molar-refractivity contribution in [2.45, 2.75) is 17.5 Å². The van der Waals surface area contributed by atoms with Crippen molar-refractivity contribution in [2.75, 3.05) is 0 Å². The van der Waals surface area contributed by atoms with Gasteiger partial charge in [0.25, 0.3) is 11.1 Å². The monoisotopic (exact) mass is 364 g/mol. The molecule has 5 nitrogen and oxygen atoms in total. The maximum absolute atomic E-state index is 12.3. The van der Waals surface area contributed by atoms with E-state index in [0.717, 1.165) is 22.4 Å². The molecule has 0 aliphatic carbocycles. The van der Waals surface area contributed by atoms with Gasteiger partial charge in [-0.15, -0.1) is 0 Å². The van der Waals surface area contributed by atoms with Gasteiger partial charge in [-0.25, -0.2) is 4.98 Å². The largest absolute Gasteiger partial charge is 0.467 e. The zero-order chi connectivity index (χ0) is 17.8. The summed E-state index contributed by atoms with van der Waals surface area (Å²) >= 11 is 1.51. The minimum Gasteiger partial charge on any atom is -0.467 e. The van der Waals surface area contributed by atoms with Crippen LogP contribution in [0.1, 0.15) is 21.7 Å². The summed E-state index contributed by atoms with van der Waals surface area (Å²) in [4.78, 5) is 16.7. The number of hydrogen-bond donors (Lipinski definition) is 1. The number of benzene rings is 2. The summed E-state index contributed by atoms with van der Waals surface area (Å²) in [6.45, 7) is 0.369. The molecule has 0 aliphatic heterocycles. The molecule has 130 valence electrons. The van der Waals surface area contributed by atoms with Gasteiger partial charge in [0.15, 0.2) is 5.58 Å². The first-order chi connectivity index (χ1) is 12.8. The van der Waals surface area contributed by atoms with Crippen LogP contribution < -0.4 is 5.32 Å². The van der Waals surface area contributed by atoms with E-state index < -0.39 is 0 Å². The number of furan rings is 1. The Balaban J connectivity index is 1.39. The van der Waals surface area contributed by atoms with E-state index in [9.17, 15) is 4.79 Å². The maximum Gasteiger partial charge on any atom is 0.257 e. The zero-order valence-electron chi connectivity index (χ0n) is 13.8. The molecule has 0 atom stereocenters. The quantitative estimate of drug-likeness (QED) is 0.505. The van der Waals surface area contributed by atoms with Gasteiger partial charge in [0.2, 0.25) is 0 Å². The van der Waals surface area contributed by atoms with E-state index in [1.54, 1.807) is 18.4 Å². The fourth-order valence-corrected chi connectivity index (χ4v) is 3.32. The van der Waals surface area contributed by atoms with Gasteiger partial charge in [-0.05, 0) is 42.0 Å². The van der Waals surface area contributed by atoms with Crippen LogP contribution in [0.2, 0.25) is 0 Å². The fourth-order valence-electron chi connectivity index (χ4n) is 2.54. The van der Waals surface area contributed by atoms with E-state index >= 15 is 0 Å². The van der Waals surface area contributed by atoms with Crippen LogP contribution >= 0.6 is 11.8 Å². The SMILES string of the molecule is O=C(NCc1ccco1)c1cccc(CSc2nc3ccccc3o2)c1. The van der Waals surface area contributed by atoms with Crippen LogP contribution in [0.4, 0.5) is 0 Å². The van der Waals surface area contributed by atoms with E-state index in [2.05, 4.69) is 10.3 Å². The lowest BCUT2D eigenvalue weighted by Crippen LogP contribution is -2.22. The van der Waals surface area contributed by atoms with Crippen molar-refractivity contribution in [3.63, 3.8) is 0 Å². The standard InChI is InChI=1S/C20H16N2O3S/c23-19(21-12-16-7-4-10-24-16)15-6-3-5-14(11-15)13-26-20-22-17-8-1-2-9-18(17)25-20/h1-11H,12-13H2,(H,21,23). The number of rotatable bonds is 6. The minimum atomic E-state index is -0.130. The number of carbonyl (C=O) groups excluding carboxylic acids is 1. The summed E-state index contributed by atoms with van der Waals surface area (Å²) in [5.74, 6) is 1.27. The second kappa shape index (κ2) is 7.49. The molecule has 0 saturated heterocycles. The van der Waals surface area contributed by atoms with Gasteiger partial charge < -0.3 is 14.2 Å². The summed E-state index contributed by atoms with van der Waals surface area (Å²) in [5, 5.41) is 3.47. The van der Waals surface area contributed by atoms with Crippen LogP contribution in [0.5, 0.6) is 0 Å². The molecule has 1 amide bonds. The van der Waals surface area contributed by atoms with E-state index in [-0.39, 0.29) is 5.91 Å². The van der Waals surface area contributed by atoms with E-state index in [1.165, 1.54) is 11.8 Å². The van der Waals surface area contributed by atoms with E-state index in [1.807, 2.05) is 48.5 Å². The summed E-state index contributed by atoms with van der Waals surface area (Å²) in [5.41, 5.74) is 3.28. The number of para-hydroxylation sites is 2. The van der Waals surface area contributed by atoms with Crippen molar-refractivity contribution in [1.29, 1.82) is 0 Å². The van der Waals surface area contributed by atoms with E-state index in [4.69, 9.17) is 8.83 Å². The molecule has 0 bridgehead atoms. The Morgan fingerprint density at radius 3 is 2.85 bits per heavy atom. The van der Waals surface area contributed by atoms with Crippen LogP contribution in [-0.4, -0.2) is 10.9 Å². The minimum absolute atomic E-state index is 0.130. The summed E-state index contributed by atoms with van der Waals surface area (Å²) in [6, 6.07) is 18.8. The van der Waals surface area contributed by atoms with Crippen molar-refractivity contribution in [3.05, 3.63) is 83.8 Å². The van der Waals surface area contributed by atoms with Crippen LogP contribution in [0, 0.1) is 0 Å². The van der Waals surface area contributed by atoms with Gasteiger partial charge in [0.1, 0.15) is 11.3 Å². The van der Waals surface area contributed by atoms with Crippen molar-refractivity contribution in [1.82, 2.24) is 10.3 Å². The third-order valence-corrected chi connectivity index (χ3v) is 4.73. The summed E-state index contributed by atoms with van der Waals surface area (Å²) in [6.07, 6.45) is 1.59. The molecule has 0 aliphatic rings. The summed E-state index contributed by atoms with van der Waals surface area (Å²) in [7, 11) is 0. The molecule has 0 radical (unpaired) electrons. The molecular weight excluding hydrogens is 348 g/mol. The highest BCUT2D eigenvalue weighted by molar-refractivity contribution is 7.98. The Labute approximate surface area is 154 Å². The molecule has 2 aromatic heterocycles. The van der Waals surface area contributed by atoms with Gasteiger partial charge in [0, 0.05) is 11.3 Å². The van der Waals surface area contributed by atoms with Gasteiger partial charge in [-0.1, -0.05) is 36.0 Å². The third kappa shape index (κ3) is 3.81. The second-order valence-electron chi connectivity index (χ2n) is 5.70. The average molecular weight is 364 g/mol. The molecule has 4 rings (SSSR count). The molecule has 2 aromatic carbocycles. The Morgan fingerprint density at radius 2 is 2.00 bits per heavy atom. The predicted octanol–water partition coefficient (Wildman–Crippen LogP) is 4.64. The highest BCUT2D eigenvalue weighted by Crippen LogP contribution is 2.26. The lowest BCUT2D eigenvalue weighted by atomic mass is 10.1. The molecular formula is C20H16N2O3S. The van der Waals surface area contributed by atoms with E-state index in [0.29, 0.717) is 23.1 Å². The number of fused-ring (bicyclic) bond motifs is 1. The molecule has 0 saturated carbocycles. The lowest BCUT2D eigenvalue weighted by Gasteiger charge is -2.05. The Morgan fingerprint density at radius 1 is 1.08 bits per heavy atom. The molecule has 0 unspecified atom stereocenters. The van der Waals surface area contributed by atoms with Gasteiger partial charge in [-0.3, -0.25) is 4.79 Å². The van der Waals surface area contributed by atoms with Crippen LogP contribution in [0.3, 0.4) is 0 Å². The Bertz CT molecular complexity index is 991. The zero-order valence-corrected chi connectivity index (χ0v) is 14.7. The van der Waals surface area contributed by atoms with Gasteiger partial charge in [0.05, 0.1) is 12.8 Å². The number of amides is 1. The number of thioether (sulfide) groups is 1.